The average molecular weight is 373 g/mol. The summed E-state index contributed by atoms with van der Waals surface area (Å²) in [6.45, 7) is 0. The van der Waals surface area contributed by atoms with Crippen LogP contribution in [0.5, 0.6) is 11.5 Å². The number of benzene rings is 2. The maximum Gasteiger partial charge on any atom is 0.275 e. The van der Waals surface area contributed by atoms with Gasteiger partial charge in [0.05, 0.1) is 16.7 Å². The number of amides is 1. The van der Waals surface area contributed by atoms with E-state index in [2.05, 4.69) is 10.4 Å². The number of nitro benzene ring substituents is 1. The lowest BCUT2D eigenvalue weighted by molar-refractivity contribution is -0.384. The Balaban J connectivity index is 1.88. The van der Waals surface area contributed by atoms with Crippen molar-refractivity contribution in [3.05, 3.63) is 75.6 Å². The minimum absolute atomic E-state index is 0.210. The first-order valence-corrected chi connectivity index (χ1v) is 7.82. The molecule has 9 heteroatoms. The molecule has 0 fully saturated rings. The summed E-state index contributed by atoms with van der Waals surface area (Å²) in [6, 6.07) is 12.1. The van der Waals surface area contributed by atoms with Gasteiger partial charge >= 0.3 is 0 Å². The van der Waals surface area contributed by atoms with Crippen molar-refractivity contribution in [2.24, 2.45) is 7.05 Å². The third kappa shape index (κ3) is 3.98. The maximum absolute atomic E-state index is 12.3. The van der Waals surface area contributed by atoms with Crippen LogP contribution in [0.2, 0.25) is 5.02 Å². The van der Waals surface area contributed by atoms with Gasteiger partial charge in [-0.2, -0.15) is 5.10 Å². The van der Waals surface area contributed by atoms with E-state index in [-0.39, 0.29) is 17.1 Å². The molecule has 0 bridgehead atoms. The first-order chi connectivity index (χ1) is 12.4. The number of aromatic nitrogens is 2. The van der Waals surface area contributed by atoms with Gasteiger partial charge in [0.2, 0.25) is 0 Å². The standard InChI is InChI=1S/C17H13ClN4O4/c1-21-16(6-7-19-21)17(23)20-12-8-13(22(24)25)10-15(9-12)26-14-4-2-11(18)3-5-14/h2-10H,1H3,(H,20,23). The molecule has 8 nitrogen and oxygen atoms in total. The Morgan fingerprint density at radius 3 is 2.54 bits per heavy atom. The van der Waals surface area contributed by atoms with Crippen molar-refractivity contribution in [2.75, 3.05) is 5.32 Å². The zero-order valence-electron chi connectivity index (χ0n) is 13.5. The molecule has 0 saturated heterocycles. The Hall–Kier alpha value is -3.39. The van der Waals surface area contributed by atoms with Crippen LogP contribution in [0.4, 0.5) is 11.4 Å². The van der Waals surface area contributed by atoms with Crippen LogP contribution in [-0.4, -0.2) is 20.6 Å². The highest BCUT2D eigenvalue weighted by molar-refractivity contribution is 6.30. The zero-order valence-corrected chi connectivity index (χ0v) is 14.3. The van der Waals surface area contributed by atoms with E-state index < -0.39 is 10.8 Å². The minimum atomic E-state index is -0.561. The molecule has 0 aliphatic carbocycles. The fraction of sp³-hybridized carbons (Fsp3) is 0.0588. The van der Waals surface area contributed by atoms with Crippen molar-refractivity contribution in [2.45, 2.75) is 0 Å². The number of rotatable bonds is 5. The van der Waals surface area contributed by atoms with Gasteiger partial charge in [0.25, 0.3) is 11.6 Å². The quantitative estimate of drug-likeness (QED) is 0.538. The summed E-state index contributed by atoms with van der Waals surface area (Å²) in [6.07, 6.45) is 1.48. The largest absolute Gasteiger partial charge is 0.457 e. The van der Waals surface area contributed by atoms with Crippen LogP contribution in [0.15, 0.2) is 54.7 Å². The van der Waals surface area contributed by atoms with Crippen molar-refractivity contribution in [1.29, 1.82) is 0 Å². The van der Waals surface area contributed by atoms with Crippen molar-refractivity contribution in [1.82, 2.24) is 9.78 Å². The number of non-ortho nitro benzene ring substituents is 1. The van der Waals surface area contributed by atoms with Crippen molar-refractivity contribution in [3.63, 3.8) is 0 Å². The number of nitrogens with zero attached hydrogens (tertiary/aromatic N) is 3. The fourth-order valence-electron chi connectivity index (χ4n) is 2.25. The predicted molar refractivity (Wildman–Crippen MR) is 95.8 cm³/mol. The summed E-state index contributed by atoms with van der Waals surface area (Å²) in [4.78, 5) is 22.9. The van der Waals surface area contributed by atoms with E-state index in [9.17, 15) is 14.9 Å². The zero-order chi connectivity index (χ0) is 18.7. The molecule has 1 heterocycles. The monoisotopic (exact) mass is 372 g/mol. The number of anilines is 1. The van der Waals surface area contributed by atoms with Gasteiger partial charge < -0.3 is 10.1 Å². The molecule has 132 valence electrons. The molecule has 26 heavy (non-hydrogen) atoms. The summed E-state index contributed by atoms with van der Waals surface area (Å²) in [5, 5.41) is 18.2. The third-order valence-electron chi connectivity index (χ3n) is 3.46. The molecule has 0 aliphatic rings. The molecule has 0 saturated carbocycles. The van der Waals surface area contributed by atoms with Crippen LogP contribution in [0, 0.1) is 10.1 Å². The lowest BCUT2D eigenvalue weighted by Crippen LogP contribution is -2.16. The van der Waals surface area contributed by atoms with Crippen molar-refractivity contribution >= 4 is 28.9 Å². The molecular weight excluding hydrogens is 360 g/mol. The smallest absolute Gasteiger partial charge is 0.275 e. The second-order valence-electron chi connectivity index (χ2n) is 5.32. The minimum Gasteiger partial charge on any atom is -0.457 e. The van der Waals surface area contributed by atoms with Crippen LogP contribution in [0.3, 0.4) is 0 Å². The van der Waals surface area contributed by atoms with Gasteiger partial charge in [-0.1, -0.05) is 11.6 Å². The summed E-state index contributed by atoms with van der Waals surface area (Å²) < 4.78 is 7.03. The van der Waals surface area contributed by atoms with E-state index in [1.165, 1.54) is 35.1 Å². The van der Waals surface area contributed by atoms with Crippen LogP contribution < -0.4 is 10.1 Å². The van der Waals surface area contributed by atoms with E-state index >= 15 is 0 Å². The first kappa shape index (κ1) is 17.4. The maximum atomic E-state index is 12.3. The van der Waals surface area contributed by atoms with E-state index in [1.54, 1.807) is 31.3 Å². The molecule has 0 radical (unpaired) electrons. The number of ether oxygens (including phenoxy) is 1. The fourth-order valence-corrected chi connectivity index (χ4v) is 2.38. The molecule has 0 atom stereocenters. The van der Waals surface area contributed by atoms with E-state index in [0.717, 1.165) is 0 Å². The van der Waals surface area contributed by atoms with Crippen LogP contribution in [0.25, 0.3) is 0 Å². The number of hydrogen-bond acceptors (Lipinski definition) is 5. The number of carbonyl (C=O) groups is 1. The number of halogens is 1. The number of hydrogen-bond donors (Lipinski definition) is 1. The summed E-state index contributed by atoms with van der Waals surface area (Å²) in [7, 11) is 1.62. The Kier molecular flexibility index (Phi) is 4.85. The van der Waals surface area contributed by atoms with Crippen molar-refractivity contribution in [3.8, 4) is 11.5 Å². The van der Waals surface area contributed by atoms with Crippen LogP contribution >= 0.6 is 11.6 Å². The number of nitro groups is 1. The second kappa shape index (κ2) is 7.24. The Labute approximate surface area is 153 Å². The number of aryl methyl sites for hydroxylation is 1. The normalized spacial score (nSPS) is 10.4. The van der Waals surface area contributed by atoms with Gasteiger partial charge in [-0.25, -0.2) is 0 Å². The highest BCUT2D eigenvalue weighted by Crippen LogP contribution is 2.30. The Morgan fingerprint density at radius 1 is 1.19 bits per heavy atom. The van der Waals surface area contributed by atoms with Gasteiger partial charge in [-0.3, -0.25) is 19.6 Å². The highest BCUT2D eigenvalue weighted by Gasteiger charge is 2.15. The molecule has 1 N–H and O–H groups in total. The molecule has 3 aromatic rings. The summed E-state index contributed by atoms with van der Waals surface area (Å²) in [5.74, 6) is 0.226. The van der Waals surface area contributed by atoms with Crippen molar-refractivity contribution < 1.29 is 14.5 Å². The average Bonchev–Trinajstić information content (AvgIpc) is 3.03. The third-order valence-corrected chi connectivity index (χ3v) is 3.71. The molecule has 0 spiro atoms. The predicted octanol–water partition coefficient (Wildman–Crippen LogP) is 4.03. The molecular formula is C17H13ClN4O4. The number of carbonyl (C=O) groups excluding carboxylic acids is 1. The molecule has 1 amide bonds. The molecule has 0 aliphatic heterocycles. The lowest BCUT2D eigenvalue weighted by Gasteiger charge is -2.09. The number of nitrogens with one attached hydrogen (secondary N) is 1. The molecule has 3 rings (SSSR count). The van der Waals surface area contributed by atoms with E-state index in [0.29, 0.717) is 16.5 Å². The van der Waals surface area contributed by atoms with Gasteiger partial charge in [-0.05, 0) is 30.3 Å². The second-order valence-corrected chi connectivity index (χ2v) is 5.76. The highest BCUT2D eigenvalue weighted by atomic mass is 35.5. The topological polar surface area (TPSA) is 99.3 Å². The van der Waals surface area contributed by atoms with Gasteiger partial charge in [0.1, 0.15) is 17.2 Å². The lowest BCUT2D eigenvalue weighted by atomic mass is 10.2. The van der Waals surface area contributed by atoms with Gasteiger partial charge in [0.15, 0.2) is 0 Å². The molecule has 1 aromatic heterocycles. The van der Waals surface area contributed by atoms with E-state index in [1.807, 2.05) is 0 Å². The van der Waals surface area contributed by atoms with Gasteiger partial charge in [-0.15, -0.1) is 0 Å². The first-order valence-electron chi connectivity index (χ1n) is 7.44. The Morgan fingerprint density at radius 2 is 1.92 bits per heavy atom. The molecule has 2 aromatic carbocycles. The SMILES string of the molecule is Cn1nccc1C(=O)Nc1cc(Oc2ccc(Cl)cc2)cc([N+](=O)[O-])c1. The van der Waals surface area contributed by atoms with Gasteiger partial charge in [0, 0.05) is 30.4 Å². The summed E-state index contributed by atoms with van der Waals surface area (Å²) >= 11 is 5.83. The van der Waals surface area contributed by atoms with Crippen LogP contribution in [-0.2, 0) is 7.05 Å². The van der Waals surface area contributed by atoms with Crippen LogP contribution in [0.1, 0.15) is 10.5 Å². The summed E-state index contributed by atoms with van der Waals surface area (Å²) in [5.41, 5.74) is 0.336. The Bertz CT molecular complexity index is 969. The van der Waals surface area contributed by atoms with E-state index in [4.69, 9.17) is 16.3 Å². The molecule has 0 unspecified atom stereocenters.